The zero-order chi connectivity index (χ0) is 109. The highest BCUT2D eigenvalue weighted by Crippen LogP contribution is 2.36. The first-order valence-corrected chi connectivity index (χ1v) is 33.5. The van der Waals surface area contributed by atoms with E-state index in [2.05, 4.69) is 107 Å². The van der Waals surface area contributed by atoms with Gasteiger partial charge in [0.05, 0.1) is 151 Å². The van der Waals surface area contributed by atoms with Gasteiger partial charge in [0.15, 0.2) is 17.5 Å². The Labute approximate surface area is 703 Å². The summed E-state index contributed by atoms with van der Waals surface area (Å²) in [6, 6.07) is 4.04. The highest BCUT2D eigenvalue weighted by molar-refractivity contribution is 6.46. The van der Waals surface area contributed by atoms with Crippen molar-refractivity contribution in [3.05, 3.63) is 180 Å². The average Bonchev–Trinajstić information content (AvgIpc) is 1.64. The van der Waals surface area contributed by atoms with E-state index in [1.807, 2.05) is 0 Å². The first-order chi connectivity index (χ1) is 69.3. The minimum Gasteiger partial charge on any atom is -0.494 e. The van der Waals surface area contributed by atoms with Crippen LogP contribution in [0.25, 0.3) is 67.2 Å². The summed E-state index contributed by atoms with van der Waals surface area (Å²) in [5, 5.41) is 44.6. The first-order valence-electron chi connectivity index (χ1n) is 50.0. The number of aryl methyl sites for hydroxylation is 3. The summed E-state index contributed by atoms with van der Waals surface area (Å²) in [5.74, 6) is -11.2. The summed E-state index contributed by atoms with van der Waals surface area (Å²) in [4.78, 5) is 118. The normalized spacial score (nSPS) is 21.7. The third-order valence-electron chi connectivity index (χ3n) is 17.1. The predicted molar refractivity (Wildman–Crippen MR) is 413 cm³/mol. The number of amides is 3. The molecule has 15 aromatic rings. The fourth-order valence-electron chi connectivity index (χ4n) is 11.7. The van der Waals surface area contributed by atoms with Crippen molar-refractivity contribution in [2.45, 2.75) is 34.6 Å². The Balaban J connectivity index is 0.000000160. The van der Waals surface area contributed by atoms with Crippen LogP contribution >= 0.6 is 0 Å². The number of aromatic nitrogens is 27. The third-order valence-corrected chi connectivity index (χ3v) is 17.1. The van der Waals surface area contributed by atoms with E-state index >= 15 is 0 Å². The van der Waals surface area contributed by atoms with Crippen LogP contribution in [0.2, 0.25) is 0 Å². The second-order valence-corrected chi connectivity index (χ2v) is 24.3. The molecule has 0 bridgehead atoms. The predicted octanol–water partition coefficient (Wildman–Crippen LogP) is 3.52. The number of ether oxygens (including phenoxy) is 3. The topological polar surface area (TPSA) is 459 Å². The van der Waals surface area contributed by atoms with Crippen LogP contribution in [0.4, 0.5) is 17.8 Å². The van der Waals surface area contributed by atoms with Crippen LogP contribution in [-0.2, 0) is 14.4 Å². The van der Waals surface area contributed by atoms with E-state index in [-0.39, 0.29) is 151 Å². The number of carbonyl (C=O) groups excluding carboxylic acids is 6. The molecule has 0 saturated carbocycles. The number of rotatable bonds is 18. The van der Waals surface area contributed by atoms with Gasteiger partial charge in [-0.3, -0.25) is 28.8 Å². The third kappa shape index (κ3) is 14.4. The van der Waals surface area contributed by atoms with E-state index in [1.54, 1.807) is 43.9 Å². The molecule has 42 heteroatoms. The van der Waals surface area contributed by atoms with Gasteiger partial charge in [0.1, 0.15) is 53.7 Å². The lowest BCUT2D eigenvalue weighted by Crippen LogP contribution is -2.51. The number of aromatic amines is 3. The number of piperazine rings is 3. The maximum Gasteiger partial charge on any atom is 0.295 e. The van der Waals surface area contributed by atoms with E-state index in [0.29, 0.717) is 16.3 Å². The fraction of sp³-hybridized carbons (Fsp3) is 0.270. The lowest BCUT2D eigenvalue weighted by molar-refractivity contribution is -0.127. The Hall–Kier alpha value is -15.4. The number of Topliss-reactive ketones (excluding diaryl/α,β-unsaturated/α-hetero) is 3. The Morgan fingerprint density at radius 2 is 0.741 bits per heavy atom. The monoisotopic (exact) mass is 1600 g/mol. The number of benzene rings is 3. The Bertz CT molecular complexity index is 7800. The highest BCUT2D eigenvalue weighted by atomic mass is 16.5. The quantitative estimate of drug-likeness (QED) is 0.0817. The molecule has 12 aromatic heterocycles. The van der Waals surface area contributed by atoms with Crippen molar-refractivity contribution < 1.29 is 88.2 Å². The standard InChI is InChI=1S/2C25H25N11O3.C24H23N11O3/c2*1-15-4-6-17(7-5-15)36-25(29-31-32-36)34-10-8-33(9-11-34)24(38)22(37)18-12-26-21-20(18)19(39-3)13-27-23(21)35-14-28-16(2)30-35;1-15-27-14-34(29-15)22-20-19(18(38-2)13-26-22)17(12-25-20)21(36)23(37)32-8-10-33(11-9-32)24-28-30-31-35(24)16-6-4-3-5-7-16/h2*4-7,12-14,26H,8-11H2,1-3H3;3-7,12-14,25H,8-11H2,1-2H3/i3D3,4D,5D,6D,7D,8D2,9D2,10D2,11D2;3D3,4D,5D,6D,7D;2D3,8D2,9D2,10D2,11D2. The number of H-pyrrole nitrogens is 3. The van der Waals surface area contributed by atoms with Crippen LogP contribution in [0.3, 0.4) is 0 Å². The number of tetrazole rings is 3. The SMILES string of the molecule is [2H]C([2H])([2H])Oc1cnc(-n2cnc(C)n2)c2[nH]cc(C(=O)C(=O)N3C([2H])([2H])C([2H])([2H])N(c4nnnn4-c4ccccc4)C([2H])([2H])C3([2H])[2H])c12.[2H]c1c([2H])c(-n2nnnc2N2C([2H])([2H])C([2H])([2H])N(C(=O)C(=O)c3c[nH]c4c(-n5cnc(C)n5)ncc(OC([2H])([2H])[2H])c34)C([2H])([2H])C2([2H])[2H])c([2H])c([2H])c1C.[2H]c1c([2H])c(-n2nnnc2N2CCN(C(=O)C(=O)c3c[nH]c4c(-n5cnc(C)n5)ncc(OC([2H])([2H])[2H])c34)CC2)c([2H])c([2H])c1C. The summed E-state index contributed by atoms with van der Waals surface area (Å²) in [5.41, 5.74) is -2.05. The minimum atomic E-state index is -3.98. The molecular weight excluding hydrogens is 1500 g/mol. The van der Waals surface area contributed by atoms with Gasteiger partial charge in [-0.2, -0.15) is 29.3 Å². The molecule has 3 aliphatic heterocycles. The molecule has 15 heterocycles. The molecular formula is C74H73N33O9. The van der Waals surface area contributed by atoms with Gasteiger partial charge in [0.2, 0.25) is 17.8 Å². The minimum absolute atomic E-state index is 0.0249. The number of pyridine rings is 3. The van der Waals surface area contributed by atoms with Crippen LogP contribution < -0.4 is 28.9 Å². The molecule has 3 amide bonds. The van der Waals surface area contributed by atoms with Gasteiger partial charge < -0.3 is 58.6 Å². The molecule has 116 heavy (non-hydrogen) atoms. The number of hydrogen-bond acceptors (Lipinski definition) is 30. The van der Waals surface area contributed by atoms with Gasteiger partial charge in [-0.25, -0.2) is 43.9 Å². The Kier molecular flexibility index (Phi) is 12.4. The van der Waals surface area contributed by atoms with E-state index < -0.39 is 188 Å². The average molecular weight is 1600 g/mol. The van der Waals surface area contributed by atoms with Crippen molar-refractivity contribution >= 4 is 85.6 Å². The number of fused-ring (bicyclic) bond motifs is 3. The molecule has 18 rings (SSSR count). The number of hydrogen-bond donors (Lipinski definition) is 3. The number of nitrogens with one attached hydrogen (secondary N) is 3. The number of carbonyl (C=O) groups is 6. The second kappa shape index (κ2) is 31.8. The van der Waals surface area contributed by atoms with Crippen molar-refractivity contribution in [2.75, 3.05) is 114 Å². The van der Waals surface area contributed by atoms with Crippen molar-refractivity contribution in [1.29, 1.82) is 0 Å². The zero-order valence-corrected chi connectivity index (χ0v) is 60.0. The molecule has 3 N–H and O–H groups in total. The summed E-state index contributed by atoms with van der Waals surface area (Å²) in [6.07, 6.45) is 9.95. The van der Waals surface area contributed by atoms with E-state index in [4.69, 9.17) is 59.4 Å². The lowest BCUT2D eigenvalue weighted by atomic mass is 10.1. The summed E-state index contributed by atoms with van der Waals surface area (Å²) in [7, 11) is -9.06. The molecule has 3 aliphatic rings. The summed E-state index contributed by atoms with van der Waals surface area (Å²) < 4.78 is 296. The largest absolute Gasteiger partial charge is 0.494 e. The summed E-state index contributed by atoms with van der Waals surface area (Å²) >= 11 is 0. The number of para-hydroxylation sites is 1. The van der Waals surface area contributed by atoms with Gasteiger partial charge in [-0.15, -0.1) is 0 Å². The maximum absolute atomic E-state index is 14.1. The van der Waals surface area contributed by atoms with E-state index in [0.717, 1.165) is 45.0 Å². The molecule has 3 aromatic carbocycles. The molecule has 0 radical (unpaired) electrons. The molecule has 588 valence electrons. The molecule has 0 unspecified atom stereocenters. The molecule has 3 saturated heterocycles. The zero-order valence-electron chi connectivity index (χ0n) is 93.0. The second-order valence-electron chi connectivity index (χ2n) is 24.3. The molecule has 0 atom stereocenters. The van der Waals surface area contributed by atoms with Crippen LogP contribution in [0, 0.1) is 34.6 Å². The van der Waals surface area contributed by atoms with Gasteiger partial charge in [-0.05, 0) is 102 Å². The lowest BCUT2D eigenvalue weighted by Gasteiger charge is -2.34. The number of ketones is 3. The molecule has 0 aliphatic carbocycles. The van der Waals surface area contributed by atoms with Crippen molar-refractivity contribution in [1.82, 2.24) is 150 Å². The van der Waals surface area contributed by atoms with Gasteiger partial charge in [0.25, 0.3) is 35.1 Å². The van der Waals surface area contributed by atoms with Crippen molar-refractivity contribution in [2.24, 2.45) is 0 Å². The molecule has 42 nitrogen and oxygen atoms in total. The maximum atomic E-state index is 14.1. The fourth-order valence-corrected chi connectivity index (χ4v) is 11.7. The smallest absolute Gasteiger partial charge is 0.295 e. The highest BCUT2D eigenvalue weighted by Gasteiger charge is 2.36. The molecule has 3 fully saturated rings. The van der Waals surface area contributed by atoms with Gasteiger partial charge in [0, 0.05) is 96.7 Å². The Morgan fingerprint density at radius 1 is 0.405 bits per heavy atom. The van der Waals surface area contributed by atoms with Crippen LogP contribution in [0.5, 0.6) is 17.2 Å². The van der Waals surface area contributed by atoms with Gasteiger partial charge in [-0.1, -0.05) is 68.8 Å². The van der Waals surface area contributed by atoms with Crippen LogP contribution in [-0.4, -0.2) is 284 Å². The Morgan fingerprint density at radius 3 is 1.08 bits per heavy atom. The van der Waals surface area contributed by atoms with E-state index in [9.17, 15) is 28.8 Å². The summed E-state index contributed by atoms with van der Waals surface area (Å²) in [6.45, 7) is -22.5. The van der Waals surface area contributed by atoms with Gasteiger partial charge >= 0.3 is 0 Å². The van der Waals surface area contributed by atoms with Crippen molar-refractivity contribution in [3.8, 4) is 51.8 Å². The van der Waals surface area contributed by atoms with Crippen molar-refractivity contribution in [3.63, 3.8) is 0 Å². The van der Waals surface area contributed by atoms with Crippen LogP contribution in [0.1, 0.15) is 105 Å². The van der Waals surface area contributed by atoms with Crippen LogP contribution in [0.15, 0.2) is 135 Å². The molecule has 0 spiro atoms. The van der Waals surface area contributed by atoms with E-state index in [1.165, 1.54) is 65.4 Å². The first kappa shape index (κ1) is 45.2. The number of anilines is 3. The number of methoxy groups -OCH3 is 3. The number of nitrogens with zero attached hydrogens (tertiary/aromatic N) is 30.